The van der Waals surface area contributed by atoms with Gasteiger partial charge in [0.15, 0.2) is 0 Å². The summed E-state index contributed by atoms with van der Waals surface area (Å²) in [6, 6.07) is 9.03. The lowest BCUT2D eigenvalue weighted by atomic mass is 10.2. The number of ether oxygens (including phenoxy) is 1. The number of nitriles is 1. The maximum atomic E-state index is 13.1. The average molecular weight is 348 g/mol. The van der Waals surface area contributed by atoms with Crippen LogP contribution >= 0.6 is 0 Å². The predicted molar refractivity (Wildman–Crippen MR) is 91.7 cm³/mol. The highest BCUT2D eigenvalue weighted by atomic mass is 32.2. The van der Waals surface area contributed by atoms with Crippen molar-refractivity contribution in [2.75, 3.05) is 13.2 Å². The molecule has 2 aliphatic rings. The first-order valence-corrected chi connectivity index (χ1v) is 10.3. The fraction of sp³-hybridized carbons (Fsp3) is 0.611. The van der Waals surface area contributed by atoms with Gasteiger partial charge in [0.05, 0.1) is 23.5 Å². The predicted octanol–water partition coefficient (Wildman–Crippen LogP) is 2.81. The molecule has 2 fully saturated rings. The van der Waals surface area contributed by atoms with E-state index in [1.54, 1.807) is 28.6 Å². The summed E-state index contributed by atoms with van der Waals surface area (Å²) in [4.78, 5) is 0. The van der Waals surface area contributed by atoms with Crippen molar-refractivity contribution in [2.45, 2.75) is 56.4 Å². The fourth-order valence-corrected chi connectivity index (χ4v) is 5.52. The zero-order valence-corrected chi connectivity index (χ0v) is 14.7. The molecule has 0 radical (unpaired) electrons. The molecule has 6 heteroatoms. The highest BCUT2D eigenvalue weighted by Gasteiger charge is 2.34. The molecule has 1 saturated heterocycles. The van der Waals surface area contributed by atoms with Gasteiger partial charge in [-0.2, -0.15) is 9.57 Å². The van der Waals surface area contributed by atoms with Crippen LogP contribution in [0.2, 0.25) is 0 Å². The lowest BCUT2D eigenvalue weighted by Crippen LogP contribution is -2.43. The molecule has 1 aliphatic carbocycles. The highest BCUT2D eigenvalue weighted by molar-refractivity contribution is 7.88. The Morgan fingerprint density at radius 2 is 2.00 bits per heavy atom. The van der Waals surface area contributed by atoms with Gasteiger partial charge in [0.1, 0.15) is 0 Å². The van der Waals surface area contributed by atoms with Crippen molar-refractivity contribution in [3.63, 3.8) is 0 Å². The Morgan fingerprint density at radius 1 is 1.21 bits per heavy atom. The second kappa shape index (κ2) is 7.64. The Morgan fingerprint density at radius 3 is 2.67 bits per heavy atom. The summed E-state index contributed by atoms with van der Waals surface area (Å²) in [6.07, 6.45) is 6.01. The molecule has 1 saturated carbocycles. The van der Waals surface area contributed by atoms with Gasteiger partial charge in [0.2, 0.25) is 10.0 Å². The third-order valence-electron chi connectivity index (χ3n) is 4.90. The van der Waals surface area contributed by atoms with Gasteiger partial charge in [-0.15, -0.1) is 0 Å². The van der Waals surface area contributed by atoms with Crippen molar-refractivity contribution in [1.82, 2.24) is 4.31 Å². The number of benzene rings is 1. The molecular weight excluding hydrogens is 324 g/mol. The average Bonchev–Trinajstić information content (AvgIpc) is 3.25. The molecule has 0 bridgehead atoms. The van der Waals surface area contributed by atoms with E-state index in [1.807, 2.05) is 0 Å². The summed E-state index contributed by atoms with van der Waals surface area (Å²) >= 11 is 0. The minimum atomic E-state index is -3.43. The van der Waals surface area contributed by atoms with E-state index in [0.29, 0.717) is 17.7 Å². The zero-order chi connectivity index (χ0) is 17.0. The van der Waals surface area contributed by atoms with Gasteiger partial charge in [-0.1, -0.05) is 25.0 Å². The third-order valence-corrected chi connectivity index (χ3v) is 6.76. The van der Waals surface area contributed by atoms with Crippen LogP contribution in [-0.2, 0) is 20.5 Å². The van der Waals surface area contributed by atoms with E-state index >= 15 is 0 Å². The molecule has 3 rings (SSSR count). The second-order valence-electron chi connectivity index (χ2n) is 6.71. The fourth-order valence-electron chi connectivity index (χ4n) is 3.70. The Hall–Kier alpha value is -1.42. The Labute approximate surface area is 144 Å². The van der Waals surface area contributed by atoms with Crippen LogP contribution in [0.25, 0.3) is 0 Å². The van der Waals surface area contributed by atoms with Crippen molar-refractivity contribution >= 4 is 10.0 Å². The molecule has 1 atom stereocenters. The van der Waals surface area contributed by atoms with Gasteiger partial charge in [0, 0.05) is 19.2 Å². The monoisotopic (exact) mass is 348 g/mol. The first-order chi connectivity index (χ1) is 11.6. The van der Waals surface area contributed by atoms with Gasteiger partial charge < -0.3 is 4.74 Å². The van der Waals surface area contributed by atoms with Crippen LogP contribution in [0.1, 0.15) is 49.7 Å². The molecule has 0 unspecified atom stereocenters. The molecule has 24 heavy (non-hydrogen) atoms. The standard InChI is InChI=1S/C18H24N2O3S/c19-12-15-5-3-6-16(11-15)14-24(21,22)20(17-7-1-2-8-17)13-18-9-4-10-23-18/h3,5-6,11,17-18H,1-2,4,7-10,13-14H2/t18-/m1/s1. The van der Waals surface area contributed by atoms with Gasteiger partial charge in [-0.05, 0) is 43.4 Å². The molecule has 0 amide bonds. The van der Waals surface area contributed by atoms with E-state index in [9.17, 15) is 8.42 Å². The molecule has 5 nitrogen and oxygen atoms in total. The van der Waals surface area contributed by atoms with E-state index in [2.05, 4.69) is 6.07 Å². The number of hydrogen-bond acceptors (Lipinski definition) is 4. The highest BCUT2D eigenvalue weighted by Crippen LogP contribution is 2.29. The van der Waals surface area contributed by atoms with Crippen LogP contribution < -0.4 is 0 Å². The summed E-state index contributed by atoms with van der Waals surface area (Å²) in [6.45, 7) is 1.19. The minimum absolute atomic E-state index is 0.0193. The Balaban J connectivity index is 1.79. The largest absolute Gasteiger partial charge is 0.377 e. The van der Waals surface area contributed by atoms with Crippen molar-refractivity contribution in [1.29, 1.82) is 5.26 Å². The SMILES string of the molecule is N#Cc1cccc(CS(=O)(=O)N(C[C@H]2CCCO2)C2CCCC2)c1. The Kier molecular flexibility index (Phi) is 5.54. The van der Waals surface area contributed by atoms with E-state index in [0.717, 1.165) is 45.1 Å². The second-order valence-corrected chi connectivity index (χ2v) is 8.63. The minimum Gasteiger partial charge on any atom is -0.377 e. The van der Waals surface area contributed by atoms with Crippen LogP contribution in [0, 0.1) is 11.3 Å². The maximum Gasteiger partial charge on any atom is 0.218 e. The van der Waals surface area contributed by atoms with Gasteiger partial charge >= 0.3 is 0 Å². The van der Waals surface area contributed by atoms with Crippen LogP contribution in [-0.4, -0.2) is 38.0 Å². The van der Waals surface area contributed by atoms with Crippen molar-refractivity contribution < 1.29 is 13.2 Å². The lowest BCUT2D eigenvalue weighted by Gasteiger charge is -2.30. The van der Waals surface area contributed by atoms with E-state index < -0.39 is 10.0 Å². The molecular formula is C18H24N2O3S. The molecule has 1 aliphatic heterocycles. The topological polar surface area (TPSA) is 70.4 Å². The van der Waals surface area contributed by atoms with Crippen LogP contribution in [0.4, 0.5) is 0 Å². The van der Waals surface area contributed by atoms with Gasteiger partial charge in [0.25, 0.3) is 0 Å². The normalized spacial score (nSPS) is 22.1. The van der Waals surface area contributed by atoms with Crippen molar-refractivity contribution in [3.8, 4) is 6.07 Å². The number of hydrogen-bond donors (Lipinski definition) is 0. The molecule has 1 aromatic carbocycles. The van der Waals surface area contributed by atoms with Gasteiger partial charge in [-0.3, -0.25) is 0 Å². The summed E-state index contributed by atoms with van der Waals surface area (Å²) in [5.41, 5.74) is 1.17. The molecule has 0 N–H and O–H groups in total. The van der Waals surface area contributed by atoms with Crippen LogP contribution in [0.15, 0.2) is 24.3 Å². The first-order valence-electron chi connectivity index (χ1n) is 8.68. The summed E-state index contributed by atoms with van der Waals surface area (Å²) < 4.78 is 33.5. The van der Waals surface area contributed by atoms with Crippen molar-refractivity contribution in [2.24, 2.45) is 0 Å². The van der Waals surface area contributed by atoms with Gasteiger partial charge in [-0.25, -0.2) is 8.42 Å². The maximum absolute atomic E-state index is 13.1. The van der Waals surface area contributed by atoms with E-state index in [1.165, 1.54) is 0 Å². The van der Waals surface area contributed by atoms with E-state index in [4.69, 9.17) is 10.00 Å². The summed E-state index contributed by atoms with van der Waals surface area (Å²) in [7, 11) is -3.43. The van der Waals surface area contributed by atoms with Crippen LogP contribution in [0.3, 0.4) is 0 Å². The van der Waals surface area contributed by atoms with Crippen molar-refractivity contribution in [3.05, 3.63) is 35.4 Å². The molecule has 0 spiro atoms. The summed E-state index contributed by atoms with van der Waals surface area (Å²) in [5.74, 6) is -0.0499. The molecule has 0 aromatic heterocycles. The zero-order valence-electron chi connectivity index (χ0n) is 13.9. The quantitative estimate of drug-likeness (QED) is 0.792. The molecule has 130 valence electrons. The van der Waals surface area contributed by atoms with Crippen LogP contribution in [0.5, 0.6) is 0 Å². The van der Waals surface area contributed by atoms with E-state index in [-0.39, 0.29) is 17.9 Å². The Bertz CT molecular complexity index is 699. The summed E-state index contributed by atoms with van der Waals surface area (Å²) in [5, 5.41) is 9.01. The molecule has 1 heterocycles. The lowest BCUT2D eigenvalue weighted by molar-refractivity contribution is 0.0861. The number of nitrogens with zero attached hydrogens (tertiary/aromatic N) is 2. The number of sulfonamides is 1. The first kappa shape index (κ1) is 17.4. The third kappa shape index (κ3) is 4.15. The molecule has 1 aromatic rings. The number of rotatable bonds is 6. The smallest absolute Gasteiger partial charge is 0.218 e.